The molecule has 0 bridgehead atoms. The minimum atomic E-state index is -0.991. The van der Waals surface area contributed by atoms with Gasteiger partial charge in [-0.25, -0.2) is 0 Å². The molecule has 1 aromatic carbocycles. The summed E-state index contributed by atoms with van der Waals surface area (Å²) in [4.78, 5) is 10.4. The van der Waals surface area contributed by atoms with Crippen molar-refractivity contribution >= 4 is 5.97 Å². The maximum Gasteiger partial charge on any atom is 0.305 e. The molecule has 4 nitrogen and oxygen atoms in total. The first-order chi connectivity index (χ1) is 7.09. The highest BCUT2D eigenvalue weighted by Gasteiger charge is 2.17. The highest BCUT2D eigenvalue weighted by atomic mass is 16.4. The lowest BCUT2D eigenvalue weighted by Crippen LogP contribution is -2.38. The average molecular weight is 209 g/mol. The Balaban J connectivity index is 2.48. The number of nitrogens with two attached hydrogens (primary N) is 1. The summed E-state index contributed by atoms with van der Waals surface area (Å²) in [5, 5.41) is 18.1. The minimum absolute atomic E-state index is 0.214. The van der Waals surface area contributed by atoms with Crippen LogP contribution in [0.2, 0.25) is 0 Å². The quantitative estimate of drug-likeness (QED) is 0.655. The summed E-state index contributed by atoms with van der Waals surface area (Å²) >= 11 is 0. The summed E-state index contributed by atoms with van der Waals surface area (Å²) in [5.41, 5.74) is 6.49. The molecule has 0 unspecified atom stereocenters. The molecule has 0 radical (unpaired) electrons. The Morgan fingerprint density at radius 2 is 1.93 bits per heavy atom. The molecular formula is C11H15NO3. The van der Waals surface area contributed by atoms with Crippen molar-refractivity contribution in [3.63, 3.8) is 0 Å². The SMILES string of the molecule is N[C@@H](CC(=O)O)[C@H](O)Cc1ccccc1. The van der Waals surface area contributed by atoms with E-state index in [1.807, 2.05) is 30.3 Å². The van der Waals surface area contributed by atoms with Gasteiger partial charge < -0.3 is 15.9 Å². The molecule has 1 aromatic rings. The smallest absolute Gasteiger partial charge is 0.305 e. The average Bonchev–Trinajstić information content (AvgIpc) is 2.18. The van der Waals surface area contributed by atoms with E-state index in [9.17, 15) is 9.90 Å². The van der Waals surface area contributed by atoms with Crippen molar-refractivity contribution in [2.24, 2.45) is 5.73 Å². The normalized spacial score (nSPS) is 14.5. The summed E-state index contributed by atoms with van der Waals surface area (Å²) in [6.07, 6.45) is -0.646. The molecule has 0 amide bonds. The van der Waals surface area contributed by atoms with Crippen LogP contribution in [-0.4, -0.2) is 28.3 Å². The fraction of sp³-hybridized carbons (Fsp3) is 0.364. The number of hydrogen-bond acceptors (Lipinski definition) is 3. The molecule has 0 aliphatic heterocycles. The number of aliphatic hydroxyl groups is 1. The Morgan fingerprint density at radius 1 is 1.33 bits per heavy atom. The van der Waals surface area contributed by atoms with Gasteiger partial charge in [0.15, 0.2) is 0 Å². The number of benzene rings is 1. The minimum Gasteiger partial charge on any atom is -0.481 e. The molecule has 1 rings (SSSR count). The molecule has 0 heterocycles. The van der Waals surface area contributed by atoms with Gasteiger partial charge in [-0.15, -0.1) is 0 Å². The van der Waals surface area contributed by atoms with Crippen molar-refractivity contribution in [3.05, 3.63) is 35.9 Å². The predicted molar refractivity (Wildman–Crippen MR) is 56.4 cm³/mol. The van der Waals surface area contributed by atoms with Crippen LogP contribution < -0.4 is 5.73 Å². The first kappa shape index (κ1) is 11.7. The third-order valence-corrected chi connectivity index (χ3v) is 2.19. The van der Waals surface area contributed by atoms with E-state index in [4.69, 9.17) is 10.8 Å². The first-order valence-electron chi connectivity index (χ1n) is 4.79. The zero-order chi connectivity index (χ0) is 11.3. The molecule has 0 saturated heterocycles. The molecule has 0 aliphatic rings. The largest absolute Gasteiger partial charge is 0.481 e. The van der Waals surface area contributed by atoms with Gasteiger partial charge in [0.05, 0.1) is 12.5 Å². The Bertz CT molecular complexity index is 313. The molecule has 0 aromatic heterocycles. The topological polar surface area (TPSA) is 83.6 Å². The fourth-order valence-electron chi connectivity index (χ4n) is 1.34. The van der Waals surface area contributed by atoms with E-state index in [0.29, 0.717) is 6.42 Å². The summed E-state index contributed by atoms with van der Waals surface area (Å²) in [7, 11) is 0. The van der Waals surface area contributed by atoms with Crippen LogP contribution in [0.25, 0.3) is 0 Å². The number of aliphatic carboxylic acids is 1. The molecular weight excluding hydrogens is 194 g/mol. The number of hydrogen-bond donors (Lipinski definition) is 3. The summed E-state index contributed by atoms with van der Waals surface area (Å²) in [5.74, 6) is -0.991. The standard InChI is InChI=1S/C11H15NO3/c12-9(7-11(14)15)10(13)6-8-4-2-1-3-5-8/h1-5,9-10,13H,6-7,12H2,(H,14,15)/t9-,10+/m0/s1. The van der Waals surface area contributed by atoms with Crippen LogP contribution >= 0.6 is 0 Å². The summed E-state index contributed by atoms with van der Waals surface area (Å²) in [6.45, 7) is 0. The van der Waals surface area contributed by atoms with Crippen molar-refractivity contribution < 1.29 is 15.0 Å². The second-order valence-corrected chi connectivity index (χ2v) is 3.52. The van der Waals surface area contributed by atoms with Gasteiger partial charge in [-0.2, -0.15) is 0 Å². The molecule has 0 aliphatic carbocycles. The van der Waals surface area contributed by atoms with E-state index in [0.717, 1.165) is 5.56 Å². The zero-order valence-electron chi connectivity index (χ0n) is 8.34. The molecule has 0 spiro atoms. The lowest BCUT2D eigenvalue weighted by molar-refractivity contribution is -0.138. The van der Waals surface area contributed by atoms with Gasteiger partial charge in [-0.05, 0) is 12.0 Å². The van der Waals surface area contributed by atoms with Crippen molar-refractivity contribution in [1.29, 1.82) is 0 Å². The Morgan fingerprint density at radius 3 is 2.47 bits per heavy atom. The number of carboxylic acid groups (broad SMARTS) is 1. The van der Waals surface area contributed by atoms with E-state index in [2.05, 4.69) is 0 Å². The highest BCUT2D eigenvalue weighted by molar-refractivity contribution is 5.67. The zero-order valence-corrected chi connectivity index (χ0v) is 8.34. The van der Waals surface area contributed by atoms with Gasteiger partial charge in [0.25, 0.3) is 0 Å². The van der Waals surface area contributed by atoms with Crippen LogP contribution in [-0.2, 0) is 11.2 Å². The summed E-state index contributed by atoms with van der Waals surface area (Å²) < 4.78 is 0. The van der Waals surface area contributed by atoms with Gasteiger partial charge in [0.1, 0.15) is 0 Å². The first-order valence-corrected chi connectivity index (χ1v) is 4.79. The van der Waals surface area contributed by atoms with Crippen LogP contribution in [0.5, 0.6) is 0 Å². The van der Waals surface area contributed by atoms with Gasteiger partial charge in [0, 0.05) is 6.04 Å². The van der Waals surface area contributed by atoms with Gasteiger partial charge in [0.2, 0.25) is 0 Å². The van der Waals surface area contributed by atoms with E-state index in [1.165, 1.54) is 0 Å². The molecule has 82 valence electrons. The number of carboxylic acids is 1. The number of aliphatic hydroxyl groups excluding tert-OH is 1. The molecule has 15 heavy (non-hydrogen) atoms. The Hall–Kier alpha value is -1.39. The van der Waals surface area contributed by atoms with Crippen molar-refractivity contribution in [1.82, 2.24) is 0 Å². The fourth-order valence-corrected chi connectivity index (χ4v) is 1.34. The van der Waals surface area contributed by atoms with Crippen LogP contribution in [0.1, 0.15) is 12.0 Å². The third-order valence-electron chi connectivity index (χ3n) is 2.19. The molecule has 2 atom stereocenters. The van der Waals surface area contributed by atoms with Crippen LogP contribution in [0, 0.1) is 0 Å². The monoisotopic (exact) mass is 209 g/mol. The maximum atomic E-state index is 10.4. The maximum absolute atomic E-state index is 10.4. The lowest BCUT2D eigenvalue weighted by atomic mass is 10.0. The number of rotatable bonds is 5. The molecule has 0 saturated carbocycles. The van der Waals surface area contributed by atoms with E-state index in [1.54, 1.807) is 0 Å². The molecule has 4 N–H and O–H groups in total. The Labute approximate surface area is 88.3 Å². The second kappa shape index (κ2) is 5.48. The highest BCUT2D eigenvalue weighted by Crippen LogP contribution is 2.06. The predicted octanol–water partition coefficient (Wildman–Crippen LogP) is 0.392. The number of carbonyl (C=O) groups is 1. The summed E-state index contributed by atoms with van der Waals surface area (Å²) in [6, 6.07) is 8.64. The van der Waals surface area contributed by atoms with Crippen LogP contribution in [0.4, 0.5) is 0 Å². The Kier molecular flexibility index (Phi) is 4.27. The van der Waals surface area contributed by atoms with Crippen LogP contribution in [0.15, 0.2) is 30.3 Å². The molecule has 0 fully saturated rings. The van der Waals surface area contributed by atoms with Gasteiger partial charge in [-0.1, -0.05) is 30.3 Å². The van der Waals surface area contributed by atoms with E-state index < -0.39 is 18.1 Å². The van der Waals surface area contributed by atoms with E-state index in [-0.39, 0.29) is 6.42 Å². The van der Waals surface area contributed by atoms with Gasteiger partial charge in [-0.3, -0.25) is 4.79 Å². The molecule has 4 heteroatoms. The van der Waals surface area contributed by atoms with Gasteiger partial charge >= 0.3 is 5.97 Å². The lowest BCUT2D eigenvalue weighted by Gasteiger charge is -2.16. The van der Waals surface area contributed by atoms with Crippen LogP contribution in [0.3, 0.4) is 0 Å². The van der Waals surface area contributed by atoms with Crippen molar-refractivity contribution in [2.45, 2.75) is 25.0 Å². The third kappa shape index (κ3) is 4.10. The van der Waals surface area contributed by atoms with Crippen molar-refractivity contribution in [3.8, 4) is 0 Å². The van der Waals surface area contributed by atoms with E-state index >= 15 is 0 Å². The second-order valence-electron chi connectivity index (χ2n) is 3.52. The van der Waals surface area contributed by atoms with Crippen molar-refractivity contribution in [2.75, 3.05) is 0 Å².